The van der Waals surface area contributed by atoms with Crippen molar-refractivity contribution < 1.29 is 9.53 Å². The number of carbonyl (C=O) groups excluding carboxylic acids is 1. The highest BCUT2D eigenvalue weighted by Crippen LogP contribution is 2.23. The molecule has 1 amide bonds. The molecule has 0 radical (unpaired) electrons. The predicted molar refractivity (Wildman–Crippen MR) is 78.6 cm³/mol. The van der Waals surface area contributed by atoms with Crippen LogP contribution in [0.25, 0.3) is 0 Å². The molecule has 1 fully saturated rings. The van der Waals surface area contributed by atoms with Crippen molar-refractivity contribution in [1.82, 2.24) is 15.2 Å². The zero-order valence-corrected chi connectivity index (χ0v) is 12.8. The fraction of sp³-hybridized carbons (Fsp3) is 0.667. The number of aromatic nitrogens is 1. The summed E-state index contributed by atoms with van der Waals surface area (Å²) in [5, 5.41) is 2.95. The monoisotopic (exact) mass is 279 g/mol. The summed E-state index contributed by atoms with van der Waals surface area (Å²) in [6.07, 6.45) is 2.58. The van der Waals surface area contributed by atoms with Crippen LogP contribution in [0.1, 0.15) is 45.9 Å². The van der Waals surface area contributed by atoms with Gasteiger partial charge in [0.05, 0.1) is 0 Å². The largest absolute Gasteiger partial charge is 0.444 e. The van der Waals surface area contributed by atoms with Gasteiger partial charge in [-0.15, -0.1) is 0 Å². The molecule has 2 heterocycles. The molecule has 1 aromatic heterocycles. The van der Waals surface area contributed by atoms with Gasteiger partial charge < -0.3 is 15.0 Å². The van der Waals surface area contributed by atoms with E-state index in [4.69, 9.17) is 4.74 Å². The zero-order chi connectivity index (χ0) is 14.8. The second kappa shape index (κ2) is 5.87. The van der Waals surface area contributed by atoms with Crippen molar-refractivity contribution in [3.05, 3.63) is 24.0 Å². The molecule has 1 aliphatic rings. The van der Waals surface area contributed by atoms with Gasteiger partial charge in [-0.1, -0.05) is 0 Å². The summed E-state index contributed by atoms with van der Waals surface area (Å²) in [6, 6.07) is 4.62. The van der Waals surface area contributed by atoms with E-state index in [2.05, 4.69) is 28.2 Å². The van der Waals surface area contributed by atoms with Crippen LogP contribution in [0.2, 0.25) is 0 Å². The molecule has 1 saturated heterocycles. The molecule has 0 aromatic carbocycles. The lowest BCUT2D eigenvalue weighted by Crippen LogP contribution is -2.40. The number of ether oxygens (including phenoxy) is 1. The molecule has 1 aliphatic heterocycles. The van der Waals surface area contributed by atoms with Crippen LogP contribution < -0.4 is 5.32 Å². The van der Waals surface area contributed by atoms with Crippen molar-refractivity contribution in [2.75, 3.05) is 13.1 Å². The number of carbonyl (C=O) groups is 1. The Bertz CT molecular complexity index is 436. The molecule has 5 nitrogen and oxygen atoms in total. The second-order valence-corrected chi connectivity index (χ2v) is 6.43. The minimum Gasteiger partial charge on any atom is -0.444 e. The number of nitrogens with zero attached hydrogens (tertiary/aromatic N) is 1. The number of amides is 1. The molecule has 1 aromatic rings. The fourth-order valence-corrected chi connectivity index (χ4v) is 2.53. The average molecular weight is 279 g/mol. The zero-order valence-electron chi connectivity index (χ0n) is 12.8. The summed E-state index contributed by atoms with van der Waals surface area (Å²) in [5.74, 6) is 0. The van der Waals surface area contributed by atoms with Gasteiger partial charge in [0.2, 0.25) is 0 Å². The van der Waals surface area contributed by atoms with E-state index in [0.29, 0.717) is 6.04 Å². The number of hydrogen-bond acceptors (Lipinski definition) is 3. The van der Waals surface area contributed by atoms with E-state index in [1.807, 2.05) is 33.0 Å². The van der Waals surface area contributed by atoms with Gasteiger partial charge in [0.1, 0.15) is 5.60 Å². The van der Waals surface area contributed by atoms with Crippen LogP contribution in [0.15, 0.2) is 18.3 Å². The summed E-state index contributed by atoms with van der Waals surface area (Å²) >= 11 is 0. The molecular weight excluding hydrogens is 254 g/mol. The summed E-state index contributed by atoms with van der Waals surface area (Å²) in [6.45, 7) is 9.66. The van der Waals surface area contributed by atoms with Crippen LogP contribution in [-0.2, 0) is 4.74 Å². The first-order chi connectivity index (χ1) is 9.35. The Labute approximate surface area is 120 Å². The molecule has 112 valence electrons. The smallest absolute Gasteiger partial charge is 0.407 e. The lowest BCUT2D eigenvalue weighted by molar-refractivity contribution is 0.0504. The van der Waals surface area contributed by atoms with Crippen LogP contribution in [-0.4, -0.2) is 40.7 Å². The van der Waals surface area contributed by atoms with E-state index < -0.39 is 5.60 Å². The molecule has 2 atom stereocenters. The maximum atomic E-state index is 11.8. The Morgan fingerprint density at radius 1 is 1.55 bits per heavy atom. The first-order valence-corrected chi connectivity index (χ1v) is 7.22. The Balaban J connectivity index is 1.82. The van der Waals surface area contributed by atoms with Crippen molar-refractivity contribution in [2.24, 2.45) is 0 Å². The number of aromatic amines is 1. The summed E-state index contributed by atoms with van der Waals surface area (Å²) in [4.78, 5) is 17.4. The first-order valence-electron chi connectivity index (χ1n) is 7.22. The van der Waals surface area contributed by atoms with Crippen molar-refractivity contribution >= 4 is 6.09 Å². The third kappa shape index (κ3) is 4.00. The third-order valence-corrected chi connectivity index (χ3v) is 3.56. The van der Waals surface area contributed by atoms with Gasteiger partial charge in [-0.2, -0.15) is 0 Å². The Kier molecular flexibility index (Phi) is 4.38. The van der Waals surface area contributed by atoms with Crippen LogP contribution in [0, 0.1) is 0 Å². The van der Waals surface area contributed by atoms with Crippen molar-refractivity contribution in [2.45, 2.75) is 51.8 Å². The van der Waals surface area contributed by atoms with Gasteiger partial charge >= 0.3 is 6.09 Å². The Hall–Kier alpha value is -1.49. The maximum Gasteiger partial charge on any atom is 0.407 e. The van der Waals surface area contributed by atoms with Crippen LogP contribution in [0.4, 0.5) is 4.79 Å². The molecule has 0 aliphatic carbocycles. The average Bonchev–Trinajstić information content (AvgIpc) is 2.95. The number of H-pyrrole nitrogens is 1. The van der Waals surface area contributed by atoms with E-state index >= 15 is 0 Å². The van der Waals surface area contributed by atoms with E-state index in [0.717, 1.165) is 19.5 Å². The van der Waals surface area contributed by atoms with Gasteiger partial charge in [0.25, 0.3) is 0 Å². The molecule has 0 bridgehead atoms. The maximum absolute atomic E-state index is 11.8. The second-order valence-electron chi connectivity index (χ2n) is 6.43. The number of nitrogens with one attached hydrogen (secondary N) is 2. The number of hydrogen-bond donors (Lipinski definition) is 2. The third-order valence-electron chi connectivity index (χ3n) is 3.56. The first kappa shape index (κ1) is 14.9. The van der Waals surface area contributed by atoms with Gasteiger partial charge in [-0.3, -0.25) is 4.90 Å². The molecule has 2 N–H and O–H groups in total. The van der Waals surface area contributed by atoms with E-state index in [9.17, 15) is 4.79 Å². The molecule has 5 heteroatoms. The van der Waals surface area contributed by atoms with Gasteiger partial charge in [-0.25, -0.2) is 4.79 Å². The van der Waals surface area contributed by atoms with Crippen molar-refractivity contribution in [3.63, 3.8) is 0 Å². The summed E-state index contributed by atoms with van der Waals surface area (Å²) in [5.41, 5.74) is 0.767. The molecule has 2 unspecified atom stereocenters. The molecule has 2 rings (SSSR count). The van der Waals surface area contributed by atoms with E-state index in [1.165, 1.54) is 5.69 Å². The minimum absolute atomic E-state index is 0.169. The topological polar surface area (TPSA) is 57.4 Å². The highest BCUT2D eigenvalue weighted by Gasteiger charge is 2.29. The summed E-state index contributed by atoms with van der Waals surface area (Å²) < 4.78 is 5.29. The SMILES string of the molecule is CC(c1ccc[nH]1)N1CCC(NC(=O)OC(C)(C)C)C1. The lowest BCUT2D eigenvalue weighted by atomic mass is 10.2. The van der Waals surface area contributed by atoms with Gasteiger partial charge in [0.15, 0.2) is 0 Å². The standard InChI is InChI=1S/C15H25N3O2/c1-11(13-6-5-8-16-13)18-9-7-12(10-18)17-14(19)20-15(2,3)4/h5-6,8,11-12,16H,7,9-10H2,1-4H3,(H,17,19). The fourth-order valence-electron chi connectivity index (χ4n) is 2.53. The molecule has 0 saturated carbocycles. The molecular formula is C15H25N3O2. The number of likely N-dealkylation sites (tertiary alicyclic amines) is 1. The number of rotatable bonds is 3. The predicted octanol–water partition coefficient (Wildman–Crippen LogP) is 2.67. The molecule has 20 heavy (non-hydrogen) atoms. The Morgan fingerprint density at radius 2 is 2.30 bits per heavy atom. The molecule has 0 spiro atoms. The van der Waals surface area contributed by atoms with E-state index in [-0.39, 0.29) is 12.1 Å². The van der Waals surface area contributed by atoms with Gasteiger partial charge in [0, 0.05) is 37.1 Å². The number of alkyl carbamates (subject to hydrolysis) is 1. The summed E-state index contributed by atoms with van der Waals surface area (Å²) in [7, 11) is 0. The van der Waals surface area contributed by atoms with Gasteiger partial charge in [-0.05, 0) is 46.2 Å². The van der Waals surface area contributed by atoms with Crippen LogP contribution >= 0.6 is 0 Å². The van der Waals surface area contributed by atoms with Crippen molar-refractivity contribution in [1.29, 1.82) is 0 Å². The van der Waals surface area contributed by atoms with Crippen LogP contribution in [0.5, 0.6) is 0 Å². The minimum atomic E-state index is -0.445. The Morgan fingerprint density at radius 3 is 2.90 bits per heavy atom. The highest BCUT2D eigenvalue weighted by molar-refractivity contribution is 5.68. The van der Waals surface area contributed by atoms with Crippen LogP contribution in [0.3, 0.4) is 0 Å². The highest BCUT2D eigenvalue weighted by atomic mass is 16.6. The van der Waals surface area contributed by atoms with Crippen molar-refractivity contribution in [3.8, 4) is 0 Å². The lowest BCUT2D eigenvalue weighted by Gasteiger charge is -2.24. The normalized spacial score (nSPS) is 21.7. The van der Waals surface area contributed by atoms with E-state index in [1.54, 1.807) is 0 Å². The quantitative estimate of drug-likeness (QED) is 0.894.